The molecule has 4 atom stereocenters. The summed E-state index contributed by atoms with van der Waals surface area (Å²) in [6, 6.07) is 0. The van der Waals surface area contributed by atoms with Crippen LogP contribution in [0.3, 0.4) is 0 Å². The molecular formula is C15H24O2. The molecule has 0 radical (unpaired) electrons. The summed E-state index contributed by atoms with van der Waals surface area (Å²) in [5.74, 6) is 0. The van der Waals surface area contributed by atoms with Gasteiger partial charge in [0.1, 0.15) is 0 Å². The second kappa shape index (κ2) is 3.58. The Morgan fingerprint density at radius 3 is 2.82 bits per heavy atom. The van der Waals surface area contributed by atoms with E-state index in [9.17, 15) is 0 Å². The van der Waals surface area contributed by atoms with Crippen LogP contribution in [0.5, 0.6) is 0 Å². The lowest BCUT2D eigenvalue weighted by Crippen LogP contribution is -2.25. The first kappa shape index (κ1) is 11.7. The zero-order valence-corrected chi connectivity index (χ0v) is 11.5. The van der Waals surface area contributed by atoms with Gasteiger partial charge in [-0.1, -0.05) is 25.5 Å². The molecule has 0 spiro atoms. The monoisotopic (exact) mass is 236 g/mol. The molecule has 3 aliphatic rings. The van der Waals surface area contributed by atoms with Gasteiger partial charge in [0.15, 0.2) is 0 Å². The summed E-state index contributed by atoms with van der Waals surface area (Å²) in [7, 11) is 0. The van der Waals surface area contributed by atoms with Gasteiger partial charge in [-0.25, -0.2) is 0 Å². The van der Waals surface area contributed by atoms with Crippen LogP contribution in [0, 0.1) is 5.41 Å². The van der Waals surface area contributed by atoms with Crippen molar-refractivity contribution in [2.45, 2.75) is 77.3 Å². The Labute approximate surface area is 104 Å². The minimum absolute atomic E-state index is 0.142. The fraction of sp³-hybridized carbons (Fsp3) is 0.867. The number of allylic oxidation sites excluding steroid dienone is 1. The van der Waals surface area contributed by atoms with Crippen LogP contribution < -0.4 is 0 Å². The Morgan fingerprint density at radius 2 is 2.06 bits per heavy atom. The van der Waals surface area contributed by atoms with E-state index in [-0.39, 0.29) is 11.0 Å². The third-order valence-electron chi connectivity index (χ3n) is 4.76. The minimum Gasteiger partial charge on any atom is -0.369 e. The zero-order valence-electron chi connectivity index (χ0n) is 11.5. The molecule has 0 bridgehead atoms. The van der Waals surface area contributed by atoms with E-state index in [1.54, 1.807) is 0 Å². The fourth-order valence-corrected chi connectivity index (χ4v) is 3.35. The average Bonchev–Trinajstić information content (AvgIpc) is 3.05. The van der Waals surface area contributed by atoms with E-state index < -0.39 is 0 Å². The standard InChI is InChI=1S/C15H24O2/c1-10-6-5-7-15(4)12(17-15)9-14(2,3)13-11(8-10)16-13/h6,11-13H,5,7-9H2,1-4H3/b10-6-/t11-,12+,13-,15-/m1/s1. The predicted molar refractivity (Wildman–Crippen MR) is 67.9 cm³/mol. The molecule has 17 heavy (non-hydrogen) atoms. The number of ether oxygens (including phenoxy) is 2. The number of fused-ring (bicyclic) bond motifs is 2. The maximum atomic E-state index is 5.93. The second-order valence-corrected chi connectivity index (χ2v) is 7.00. The first-order valence-electron chi connectivity index (χ1n) is 6.90. The van der Waals surface area contributed by atoms with Crippen molar-refractivity contribution in [3.8, 4) is 0 Å². The molecule has 0 amide bonds. The molecule has 1 aliphatic carbocycles. The molecule has 0 unspecified atom stereocenters. The maximum Gasteiger partial charge on any atom is 0.0923 e. The molecule has 0 aromatic rings. The summed E-state index contributed by atoms with van der Waals surface area (Å²) in [5.41, 5.74) is 1.89. The Bertz CT molecular complexity index is 358. The molecule has 0 aromatic heterocycles. The summed E-state index contributed by atoms with van der Waals surface area (Å²) in [6.45, 7) is 9.16. The summed E-state index contributed by atoms with van der Waals surface area (Å²) in [5, 5.41) is 0. The van der Waals surface area contributed by atoms with Gasteiger partial charge in [0.2, 0.25) is 0 Å². The van der Waals surface area contributed by atoms with Gasteiger partial charge in [0.05, 0.1) is 23.9 Å². The lowest BCUT2D eigenvalue weighted by Gasteiger charge is -2.22. The van der Waals surface area contributed by atoms with Gasteiger partial charge in [-0.05, 0) is 44.9 Å². The van der Waals surface area contributed by atoms with Crippen LogP contribution in [0.4, 0.5) is 0 Å². The molecule has 96 valence electrons. The molecule has 2 saturated heterocycles. The zero-order chi connectivity index (χ0) is 12.3. The normalized spacial score (nSPS) is 51.3. The molecule has 0 aromatic carbocycles. The van der Waals surface area contributed by atoms with Crippen molar-refractivity contribution < 1.29 is 9.47 Å². The lowest BCUT2D eigenvalue weighted by atomic mass is 9.80. The van der Waals surface area contributed by atoms with Crippen LogP contribution in [0.15, 0.2) is 11.6 Å². The number of hydrogen-bond acceptors (Lipinski definition) is 2. The van der Waals surface area contributed by atoms with Crippen molar-refractivity contribution >= 4 is 0 Å². The SMILES string of the molecule is C/C1=C/CC[C@@]2(C)O[C@H]2CC(C)(C)[C@@H]2O[C@@H]2C1. The van der Waals surface area contributed by atoms with Crippen molar-refractivity contribution in [3.63, 3.8) is 0 Å². The van der Waals surface area contributed by atoms with E-state index in [1.807, 2.05) is 0 Å². The third kappa shape index (κ3) is 2.17. The first-order valence-corrected chi connectivity index (χ1v) is 6.90. The number of rotatable bonds is 0. The summed E-state index contributed by atoms with van der Waals surface area (Å²) in [6.07, 6.45) is 8.31. The Balaban J connectivity index is 1.77. The van der Waals surface area contributed by atoms with Crippen molar-refractivity contribution in [2.24, 2.45) is 5.41 Å². The van der Waals surface area contributed by atoms with E-state index in [1.165, 1.54) is 12.0 Å². The van der Waals surface area contributed by atoms with Gasteiger partial charge >= 0.3 is 0 Å². The highest BCUT2D eigenvalue weighted by atomic mass is 16.6. The van der Waals surface area contributed by atoms with E-state index in [4.69, 9.17) is 9.47 Å². The van der Waals surface area contributed by atoms with Crippen LogP contribution in [0.2, 0.25) is 0 Å². The third-order valence-corrected chi connectivity index (χ3v) is 4.76. The molecule has 2 heterocycles. The van der Waals surface area contributed by atoms with Crippen LogP contribution >= 0.6 is 0 Å². The van der Waals surface area contributed by atoms with E-state index in [0.717, 1.165) is 19.3 Å². The molecule has 2 heteroatoms. The smallest absolute Gasteiger partial charge is 0.0923 e. The number of epoxide rings is 2. The van der Waals surface area contributed by atoms with Crippen molar-refractivity contribution in [2.75, 3.05) is 0 Å². The summed E-state index contributed by atoms with van der Waals surface area (Å²) < 4.78 is 11.8. The van der Waals surface area contributed by atoms with Crippen LogP contribution in [0.1, 0.15) is 53.4 Å². The van der Waals surface area contributed by atoms with Gasteiger partial charge in [-0.3, -0.25) is 0 Å². The molecule has 2 nitrogen and oxygen atoms in total. The molecule has 0 saturated carbocycles. The van der Waals surface area contributed by atoms with Gasteiger partial charge in [0, 0.05) is 0 Å². The van der Waals surface area contributed by atoms with Gasteiger partial charge in [-0.2, -0.15) is 0 Å². The molecule has 2 fully saturated rings. The largest absolute Gasteiger partial charge is 0.369 e. The number of hydrogen-bond donors (Lipinski definition) is 0. The van der Waals surface area contributed by atoms with Crippen LogP contribution in [-0.2, 0) is 9.47 Å². The van der Waals surface area contributed by atoms with Gasteiger partial charge < -0.3 is 9.47 Å². The van der Waals surface area contributed by atoms with E-state index in [2.05, 4.69) is 33.8 Å². The van der Waals surface area contributed by atoms with Crippen molar-refractivity contribution in [1.29, 1.82) is 0 Å². The van der Waals surface area contributed by atoms with Crippen molar-refractivity contribution in [3.05, 3.63) is 11.6 Å². The second-order valence-electron chi connectivity index (χ2n) is 7.00. The fourth-order valence-electron chi connectivity index (χ4n) is 3.35. The lowest BCUT2D eigenvalue weighted by molar-refractivity contribution is 0.202. The quantitative estimate of drug-likeness (QED) is 0.475. The van der Waals surface area contributed by atoms with Gasteiger partial charge in [-0.15, -0.1) is 0 Å². The summed E-state index contributed by atoms with van der Waals surface area (Å²) in [4.78, 5) is 0. The highest BCUT2D eigenvalue weighted by Gasteiger charge is 2.57. The van der Waals surface area contributed by atoms with E-state index >= 15 is 0 Å². The Kier molecular flexibility index (Phi) is 2.47. The molecule has 2 aliphatic heterocycles. The predicted octanol–water partition coefficient (Wildman–Crippen LogP) is 3.46. The van der Waals surface area contributed by atoms with Crippen LogP contribution in [0.25, 0.3) is 0 Å². The molecule has 3 rings (SSSR count). The Morgan fingerprint density at radius 1 is 1.29 bits per heavy atom. The van der Waals surface area contributed by atoms with Crippen LogP contribution in [-0.4, -0.2) is 23.9 Å². The van der Waals surface area contributed by atoms with Crippen molar-refractivity contribution in [1.82, 2.24) is 0 Å². The average molecular weight is 236 g/mol. The molecule has 0 N–H and O–H groups in total. The van der Waals surface area contributed by atoms with E-state index in [0.29, 0.717) is 18.3 Å². The summed E-state index contributed by atoms with van der Waals surface area (Å²) >= 11 is 0. The highest BCUT2D eigenvalue weighted by molar-refractivity contribution is 5.12. The molecular weight excluding hydrogens is 212 g/mol. The topological polar surface area (TPSA) is 25.1 Å². The highest BCUT2D eigenvalue weighted by Crippen LogP contribution is 2.52. The van der Waals surface area contributed by atoms with Gasteiger partial charge in [0.25, 0.3) is 0 Å². The Hall–Kier alpha value is -0.340. The minimum atomic E-state index is 0.142. The maximum absolute atomic E-state index is 5.93. The first-order chi connectivity index (χ1) is 7.91.